The van der Waals surface area contributed by atoms with Gasteiger partial charge in [0, 0.05) is 19.3 Å². The lowest BCUT2D eigenvalue weighted by Crippen LogP contribution is -2.52. The molecule has 0 radical (unpaired) electrons. The molecule has 1 amide bonds. The Bertz CT molecular complexity index is 2770. The number of sulfonamides is 2. The van der Waals surface area contributed by atoms with Crippen molar-refractivity contribution in [1.82, 2.24) is 34.2 Å². The van der Waals surface area contributed by atoms with Gasteiger partial charge in [-0.05, 0) is 93.0 Å². The van der Waals surface area contributed by atoms with Gasteiger partial charge in [-0.25, -0.2) is 31.3 Å². The van der Waals surface area contributed by atoms with Crippen LogP contribution in [0.1, 0.15) is 37.5 Å². The lowest BCUT2D eigenvalue weighted by molar-refractivity contribution is 0.0141. The average molecular weight is 930 g/mol. The highest BCUT2D eigenvalue weighted by atomic mass is 32.2. The number of methoxy groups -OCH3 is 3. The second kappa shape index (κ2) is 20.0. The molecular formula is C44H51N9O10S2. The predicted octanol–water partition coefficient (Wildman–Crippen LogP) is 4.60. The van der Waals surface area contributed by atoms with Crippen molar-refractivity contribution < 1.29 is 45.7 Å². The van der Waals surface area contributed by atoms with Crippen LogP contribution in [0.4, 0.5) is 10.6 Å². The van der Waals surface area contributed by atoms with Gasteiger partial charge in [-0.15, -0.1) is 10.2 Å². The lowest BCUT2D eigenvalue weighted by atomic mass is 9.85. The van der Waals surface area contributed by atoms with Crippen molar-refractivity contribution in [2.75, 3.05) is 33.7 Å². The SMILES string of the molecule is COc1ccc(CN(Cc2ccc(OC)cc2)S(=O)(=O)c2c(S(=O)(=O)N[C@H](COC(N)=O)C(O)C(C)(C)C)ccc(-c3ccnc(N)c3)c2-c2nnn(Cc3ccc(OC)cc3)n2)cc1. The second-order valence-electron chi connectivity index (χ2n) is 15.9. The van der Waals surface area contributed by atoms with E-state index < -0.39 is 60.1 Å². The molecule has 6 rings (SSSR count). The molecule has 65 heavy (non-hydrogen) atoms. The van der Waals surface area contributed by atoms with Crippen LogP contribution in [-0.4, -0.2) is 97.6 Å². The van der Waals surface area contributed by atoms with Gasteiger partial charge in [-0.2, -0.15) is 9.10 Å². The molecule has 19 nitrogen and oxygen atoms in total. The molecule has 6 aromatic rings. The van der Waals surface area contributed by atoms with Crippen LogP contribution in [0.3, 0.4) is 0 Å². The van der Waals surface area contributed by atoms with E-state index in [1.165, 1.54) is 37.3 Å². The summed E-state index contributed by atoms with van der Waals surface area (Å²) in [6.45, 7) is 3.80. The summed E-state index contributed by atoms with van der Waals surface area (Å²) in [5.74, 6) is 1.51. The van der Waals surface area contributed by atoms with E-state index in [-0.39, 0.29) is 42.4 Å². The molecule has 0 saturated heterocycles. The summed E-state index contributed by atoms with van der Waals surface area (Å²) in [6, 6.07) is 24.6. The van der Waals surface area contributed by atoms with Gasteiger partial charge in [-0.3, -0.25) is 0 Å². The Labute approximate surface area is 377 Å². The number of carbonyl (C=O) groups is 1. The zero-order valence-corrected chi connectivity index (χ0v) is 38.2. The topological polar surface area (TPSA) is 266 Å². The van der Waals surface area contributed by atoms with Crippen molar-refractivity contribution in [3.8, 4) is 39.8 Å². The first kappa shape index (κ1) is 47.8. The molecular weight excluding hydrogens is 879 g/mol. The van der Waals surface area contributed by atoms with E-state index in [1.807, 2.05) is 0 Å². The molecule has 21 heteroatoms. The summed E-state index contributed by atoms with van der Waals surface area (Å²) < 4.78 is 86.6. The van der Waals surface area contributed by atoms with E-state index in [4.69, 9.17) is 30.4 Å². The first-order valence-electron chi connectivity index (χ1n) is 20.0. The molecule has 344 valence electrons. The van der Waals surface area contributed by atoms with Crippen molar-refractivity contribution in [1.29, 1.82) is 0 Å². The Hall–Kier alpha value is -6.65. The third-order valence-electron chi connectivity index (χ3n) is 10.3. The Balaban J connectivity index is 1.65. The summed E-state index contributed by atoms with van der Waals surface area (Å²) in [5, 5.41) is 24.7. The highest BCUT2D eigenvalue weighted by molar-refractivity contribution is 7.92. The minimum absolute atomic E-state index is 0.0847. The Kier molecular flexibility index (Phi) is 14.7. The standard InChI is InChI=1S/C44H51N9O10S2/c1-44(2,3)41(54)36(27-63-43(46)55)50-64(56,57)37-20-19-35(31-21-22-47-38(45)23-31)39(42-48-51-53(49-42)26-30-11-17-34(62-6)18-12-30)40(37)65(58,59)52(24-28-7-13-32(60-4)14-8-28)25-29-9-15-33(61-5)16-10-29/h7-23,36,41,50,54H,24-27H2,1-6H3,(H2,45,47)(H2,46,55)/t36-,41?/m1/s1. The van der Waals surface area contributed by atoms with E-state index in [0.717, 1.165) is 15.9 Å². The van der Waals surface area contributed by atoms with Crippen LogP contribution >= 0.6 is 0 Å². The summed E-state index contributed by atoms with van der Waals surface area (Å²) in [5.41, 5.74) is 12.5. The number of anilines is 1. The fourth-order valence-electron chi connectivity index (χ4n) is 6.87. The third-order valence-corrected chi connectivity index (χ3v) is 13.8. The van der Waals surface area contributed by atoms with E-state index in [1.54, 1.807) is 107 Å². The van der Waals surface area contributed by atoms with Crippen molar-refractivity contribution in [3.63, 3.8) is 0 Å². The second-order valence-corrected chi connectivity index (χ2v) is 19.5. The number of nitrogens with zero attached hydrogens (tertiary/aromatic N) is 6. The van der Waals surface area contributed by atoms with Crippen molar-refractivity contribution in [3.05, 3.63) is 120 Å². The molecule has 6 N–H and O–H groups in total. The number of benzene rings is 4. The van der Waals surface area contributed by atoms with Crippen molar-refractivity contribution >= 4 is 32.0 Å². The van der Waals surface area contributed by atoms with Crippen LogP contribution in [0, 0.1) is 5.41 Å². The minimum atomic E-state index is -5.02. The number of aliphatic hydroxyl groups excluding tert-OH is 1. The number of hydrogen-bond donors (Lipinski definition) is 4. The van der Waals surface area contributed by atoms with Gasteiger partial charge in [0.2, 0.25) is 25.9 Å². The molecule has 2 aromatic heterocycles. The van der Waals surface area contributed by atoms with Crippen LogP contribution in [-0.2, 0) is 44.4 Å². The van der Waals surface area contributed by atoms with E-state index >= 15 is 16.8 Å². The first-order chi connectivity index (χ1) is 30.8. The monoisotopic (exact) mass is 929 g/mol. The summed E-state index contributed by atoms with van der Waals surface area (Å²) in [4.78, 5) is 15.7. The zero-order valence-electron chi connectivity index (χ0n) is 36.6. The number of tetrazole rings is 1. The smallest absolute Gasteiger partial charge is 0.404 e. The summed E-state index contributed by atoms with van der Waals surface area (Å²) >= 11 is 0. The maximum Gasteiger partial charge on any atom is 0.404 e. The molecule has 0 aliphatic carbocycles. The van der Waals surface area contributed by atoms with Gasteiger partial charge in [0.15, 0.2) is 0 Å². The molecule has 2 atom stereocenters. The van der Waals surface area contributed by atoms with Gasteiger partial charge in [0.05, 0.1) is 45.6 Å². The Morgan fingerprint density at radius 1 is 0.815 bits per heavy atom. The highest BCUT2D eigenvalue weighted by Gasteiger charge is 2.41. The van der Waals surface area contributed by atoms with E-state index in [0.29, 0.717) is 33.9 Å². The highest BCUT2D eigenvalue weighted by Crippen LogP contribution is 2.42. The molecule has 0 fully saturated rings. The molecule has 0 spiro atoms. The number of nitrogens with one attached hydrogen (secondary N) is 1. The molecule has 0 saturated carbocycles. The number of aromatic nitrogens is 5. The van der Waals surface area contributed by atoms with Gasteiger partial charge in [-0.1, -0.05) is 63.2 Å². The first-order valence-corrected chi connectivity index (χ1v) is 22.9. The number of amides is 1. The van der Waals surface area contributed by atoms with Gasteiger partial charge in [0.1, 0.15) is 39.5 Å². The number of ether oxygens (including phenoxy) is 4. The number of nitrogens with two attached hydrogens (primary N) is 2. The van der Waals surface area contributed by atoms with Crippen LogP contribution in [0.2, 0.25) is 0 Å². The minimum Gasteiger partial charge on any atom is -0.497 e. The van der Waals surface area contributed by atoms with Crippen LogP contribution in [0.25, 0.3) is 22.5 Å². The summed E-state index contributed by atoms with van der Waals surface area (Å²) in [7, 11) is -5.50. The fraction of sp³-hybridized carbons (Fsp3) is 0.295. The molecule has 0 bridgehead atoms. The third kappa shape index (κ3) is 11.5. The van der Waals surface area contributed by atoms with E-state index in [9.17, 15) is 9.90 Å². The average Bonchev–Trinajstić information content (AvgIpc) is 3.75. The van der Waals surface area contributed by atoms with E-state index in [2.05, 4.69) is 25.1 Å². The lowest BCUT2D eigenvalue weighted by Gasteiger charge is -2.33. The Morgan fingerprint density at radius 3 is 1.85 bits per heavy atom. The van der Waals surface area contributed by atoms with Crippen LogP contribution in [0.5, 0.6) is 17.2 Å². The number of hydrogen-bond acceptors (Lipinski definition) is 15. The number of nitrogen functional groups attached to an aromatic ring is 1. The zero-order chi connectivity index (χ0) is 47.1. The normalized spacial score (nSPS) is 13.0. The quantitative estimate of drug-likeness (QED) is 0.0865. The Morgan fingerprint density at radius 2 is 1.35 bits per heavy atom. The molecule has 1 unspecified atom stereocenters. The van der Waals surface area contributed by atoms with Gasteiger partial charge >= 0.3 is 6.09 Å². The van der Waals surface area contributed by atoms with Crippen molar-refractivity contribution in [2.24, 2.45) is 11.1 Å². The van der Waals surface area contributed by atoms with Crippen LogP contribution in [0.15, 0.2) is 113 Å². The number of carbonyl (C=O) groups excluding carboxylic acids is 1. The molecule has 4 aromatic carbocycles. The maximum atomic E-state index is 16.0. The van der Waals surface area contributed by atoms with Crippen molar-refractivity contribution in [2.45, 2.75) is 62.3 Å². The molecule has 0 aliphatic heterocycles. The molecule has 2 heterocycles. The summed E-state index contributed by atoms with van der Waals surface area (Å²) in [6.07, 6.45) is -1.28. The largest absolute Gasteiger partial charge is 0.497 e. The predicted molar refractivity (Wildman–Crippen MR) is 241 cm³/mol. The maximum absolute atomic E-state index is 16.0. The number of pyridine rings is 1. The van der Waals surface area contributed by atoms with Gasteiger partial charge in [0.25, 0.3) is 0 Å². The van der Waals surface area contributed by atoms with Gasteiger partial charge < -0.3 is 35.5 Å². The molecule has 0 aliphatic rings. The number of primary amides is 1. The number of rotatable bonds is 19. The van der Waals surface area contributed by atoms with Crippen LogP contribution < -0.4 is 30.4 Å². The number of aliphatic hydroxyl groups is 1. The fourth-order valence-corrected chi connectivity index (χ4v) is 10.5.